The molecule has 1 aliphatic carbocycles. The minimum Gasteiger partial charge on any atom is -0.310 e. The summed E-state index contributed by atoms with van der Waals surface area (Å²) in [6.07, 6.45) is 6.12. The van der Waals surface area contributed by atoms with Gasteiger partial charge in [0.05, 0.1) is 17.9 Å². The molecule has 2 heterocycles. The van der Waals surface area contributed by atoms with Crippen LogP contribution >= 0.6 is 11.6 Å². The highest BCUT2D eigenvalue weighted by Gasteiger charge is 2.43. The van der Waals surface area contributed by atoms with Crippen molar-refractivity contribution in [1.29, 1.82) is 0 Å². The zero-order chi connectivity index (χ0) is 22.3. The van der Waals surface area contributed by atoms with E-state index in [1.165, 1.54) is 6.20 Å². The van der Waals surface area contributed by atoms with E-state index < -0.39 is 15.9 Å². The molecule has 0 bridgehead atoms. The Balaban J connectivity index is 1.57. The maximum absolute atomic E-state index is 14.9. The standard InChI is InChI=1S/C21H19ClFN3O4S/c1-11-3-4-24-8-16(11)15-5-12-7-18(25-9-17(12)19(22)20(15)23)26-21(27)14-6-13(14)10-30-31(2,28)29/h3-5,7-9,13-14H,6,10H2,1-2H3,(H,25,26,27). The summed E-state index contributed by atoms with van der Waals surface area (Å²) in [7, 11) is -3.54. The molecule has 31 heavy (non-hydrogen) atoms. The van der Waals surface area contributed by atoms with Crippen molar-refractivity contribution < 1.29 is 21.8 Å². The zero-order valence-corrected chi connectivity index (χ0v) is 18.3. The Kier molecular flexibility index (Phi) is 5.67. The third-order valence-electron chi connectivity index (χ3n) is 5.24. The summed E-state index contributed by atoms with van der Waals surface area (Å²) in [4.78, 5) is 20.7. The van der Waals surface area contributed by atoms with Crippen LogP contribution in [0.25, 0.3) is 21.9 Å². The van der Waals surface area contributed by atoms with Crippen molar-refractivity contribution >= 4 is 44.2 Å². The van der Waals surface area contributed by atoms with Gasteiger partial charge in [-0.1, -0.05) is 11.6 Å². The largest absolute Gasteiger partial charge is 0.310 e. The number of pyridine rings is 2. The van der Waals surface area contributed by atoms with Gasteiger partial charge in [0.15, 0.2) is 0 Å². The maximum atomic E-state index is 14.9. The van der Waals surface area contributed by atoms with E-state index in [9.17, 15) is 17.6 Å². The number of amides is 1. The van der Waals surface area contributed by atoms with Crippen LogP contribution in [-0.4, -0.2) is 37.2 Å². The number of carbonyl (C=O) groups excluding carboxylic acids is 1. The van der Waals surface area contributed by atoms with Gasteiger partial charge < -0.3 is 5.32 Å². The minimum absolute atomic E-state index is 0.0230. The Hall–Kier alpha value is -2.62. The second kappa shape index (κ2) is 8.14. The molecular formula is C21H19ClFN3O4S. The van der Waals surface area contributed by atoms with Crippen molar-refractivity contribution in [1.82, 2.24) is 9.97 Å². The lowest BCUT2D eigenvalue weighted by Crippen LogP contribution is -2.17. The first-order valence-electron chi connectivity index (χ1n) is 9.48. The van der Waals surface area contributed by atoms with Crippen LogP contribution in [0.4, 0.5) is 10.2 Å². The van der Waals surface area contributed by atoms with E-state index in [0.717, 1.165) is 11.8 Å². The molecular weight excluding hydrogens is 445 g/mol. The number of aromatic nitrogens is 2. The number of halogens is 2. The topological polar surface area (TPSA) is 98.2 Å². The first-order chi connectivity index (χ1) is 14.6. The van der Waals surface area contributed by atoms with E-state index in [0.29, 0.717) is 34.1 Å². The Labute approximate surface area is 183 Å². The fraction of sp³-hybridized carbons (Fsp3) is 0.286. The van der Waals surface area contributed by atoms with Gasteiger partial charge in [0.2, 0.25) is 5.91 Å². The highest BCUT2D eigenvalue weighted by molar-refractivity contribution is 7.85. The molecule has 0 saturated heterocycles. The Morgan fingerprint density at radius 1 is 1.32 bits per heavy atom. The molecule has 2 aromatic heterocycles. The van der Waals surface area contributed by atoms with Crippen molar-refractivity contribution in [3.63, 3.8) is 0 Å². The van der Waals surface area contributed by atoms with E-state index in [4.69, 9.17) is 15.8 Å². The summed E-state index contributed by atoms with van der Waals surface area (Å²) >= 11 is 6.26. The normalized spacial score (nSPS) is 18.2. The van der Waals surface area contributed by atoms with Gasteiger partial charge in [-0.2, -0.15) is 8.42 Å². The molecule has 1 fully saturated rings. The third kappa shape index (κ3) is 4.68. The van der Waals surface area contributed by atoms with Crippen LogP contribution in [0.15, 0.2) is 36.8 Å². The van der Waals surface area contributed by atoms with Crippen LogP contribution in [0.1, 0.15) is 12.0 Å². The number of nitrogens with zero attached hydrogens (tertiary/aromatic N) is 2. The predicted molar refractivity (Wildman–Crippen MR) is 116 cm³/mol. The average Bonchev–Trinajstić information content (AvgIpc) is 3.49. The molecule has 1 saturated carbocycles. The Bertz CT molecular complexity index is 1300. The fourth-order valence-corrected chi connectivity index (χ4v) is 4.10. The molecule has 10 heteroatoms. The molecule has 1 N–H and O–H groups in total. The van der Waals surface area contributed by atoms with Crippen molar-refractivity contribution in [2.24, 2.45) is 11.8 Å². The monoisotopic (exact) mass is 463 g/mol. The maximum Gasteiger partial charge on any atom is 0.264 e. The summed E-state index contributed by atoms with van der Waals surface area (Å²) in [6.45, 7) is 1.83. The second-order valence-corrected chi connectivity index (χ2v) is 9.64. The van der Waals surface area contributed by atoms with Gasteiger partial charge in [0, 0.05) is 41.0 Å². The van der Waals surface area contributed by atoms with Crippen molar-refractivity contribution in [2.75, 3.05) is 18.2 Å². The molecule has 2 atom stereocenters. The van der Waals surface area contributed by atoms with Gasteiger partial charge in [-0.15, -0.1) is 0 Å². The first kappa shape index (κ1) is 21.6. The molecule has 2 unspecified atom stereocenters. The van der Waals surface area contributed by atoms with Crippen LogP contribution in [0.2, 0.25) is 5.02 Å². The van der Waals surface area contributed by atoms with E-state index in [2.05, 4.69) is 15.3 Å². The van der Waals surface area contributed by atoms with Gasteiger partial charge >= 0.3 is 0 Å². The first-order valence-corrected chi connectivity index (χ1v) is 11.7. The van der Waals surface area contributed by atoms with Gasteiger partial charge in [0.25, 0.3) is 10.1 Å². The molecule has 0 radical (unpaired) electrons. The number of fused-ring (bicyclic) bond motifs is 1. The number of hydrogen-bond donors (Lipinski definition) is 1. The number of hydrogen-bond acceptors (Lipinski definition) is 6. The minimum atomic E-state index is -3.54. The van der Waals surface area contributed by atoms with Crippen LogP contribution in [0.5, 0.6) is 0 Å². The Morgan fingerprint density at radius 3 is 2.81 bits per heavy atom. The molecule has 0 aliphatic heterocycles. The fourth-order valence-electron chi connectivity index (χ4n) is 3.42. The number of rotatable bonds is 6. The van der Waals surface area contributed by atoms with Crippen molar-refractivity contribution in [2.45, 2.75) is 13.3 Å². The van der Waals surface area contributed by atoms with E-state index in [1.807, 2.05) is 6.92 Å². The number of benzene rings is 1. The lowest BCUT2D eigenvalue weighted by atomic mass is 9.99. The van der Waals surface area contributed by atoms with Crippen LogP contribution in [0.3, 0.4) is 0 Å². The number of aryl methyl sites for hydroxylation is 1. The molecule has 7 nitrogen and oxygen atoms in total. The lowest BCUT2D eigenvalue weighted by Gasteiger charge is -2.12. The summed E-state index contributed by atoms with van der Waals surface area (Å²) in [5, 5.41) is 3.71. The molecule has 1 aromatic carbocycles. The third-order valence-corrected chi connectivity index (χ3v) is 6.17. The molecule has 4 rings (SSSR count). The average molecular weight is 464 g/mol. The lowest BCUT2D eigenvalue weighted by molar-refractivity contribution is -0.117. The van der Waals surface area contributed by atoms with Gasteiger partial charge in [-0.3, -0.25) is 14.0 Å². The number of nitrogens with one attached hydrogen (secondary N) is 1. The summed E-state index contributed by atoms with van der Waals surface area (Å²) in [5.41, 5.74) is 1.78. The van der Waals surface area contributed by atoms with Crippen molar-refractivity contribution in [3.05, 3.63) is 53.2 Å². The van der Waals surface area contributed by atoms with Crippen LogP contribution < -0.4 is 5.32 Å². The molecule has 1 amide bonds. The van der Waals surface area contributed by atoms with Crippen LogP contribution in [0, 0.1) is 24.6 Å². The molecule has 3 aromatic rings. The quantitative estimate of drug-likeness (QED) is 0.556. The van der Waals surface area contributed by atoms with Crippen LogP contribution in [-0.2, 0) is 19.1 Å². The summed E-state index contributed by atoms with van der Waals surface area (Å²) < 4.78 is 41.8. The zero-order valence-electron chi connectivity index (χ0n) is 16.7. The Morgan fingerprint density at radius 2 is 2.10 bits per heavy atom. The van der Waals surface area contributed by atoms with E-state index >= 15 is 0 Å². The van der Waals surface area contributed by atoms with Gasteiger partial charge in [0.1, 0.15) is 11.6 Å². The highest BCUT2D eigenvalue weighted by atomic mass is 35.5. The molecule has 1 aliphatic rings. The summed E-state index contributed by atoms with van der Waals surface area (Å²) in [5.74, 6) is -1.03. The molecule has 0 spiro atoms. The van der Waals surface area contributed by atoms with Gasteiger partial charge in [-0.25, -0.2) is 9.37 Å². The highest BCUT2D eigenvalue weighted by Crippen LogP contribution is 2.40. The smallest absolute Gasteiger partial charge is 0.264 e. The number of carbonyl (C=O) groups is 1. The summed E-state index contributed by atoms with van der Waals surface area (Å²) in [6, 6.07) is 5.06. The predicted octanol–water partition coefficient (Wildman–Crippen LogP) is 3.95. The van der Waals surface area contributed by atoms with E-state index in [1.54, 1.807) is 30.6 Å². The van der Waals surface area contributed by atoms with Crippen molar-refractivity contribution in [3.8, 4) is 11.1 Å². The number of anilines is 1. The molecule has 162 valence electrons. The van der Waals surface area contributed by atoms with E-state index in [-0.39, 0.29) is 29.4 Å². The van der Waals surface area contributed by atoms with Gasteiger partial charge in [-0.05, 0) is 48.4 Å². The SMILES string of the molecule is Cc1ccncc1-c1cc2cc(NC(=O)C3CC3COS(C)(=O)=O)ncc2c(Cl)c1F. The second-order valence-electron chi connectivity index (χ2n) is 7.61.